The van der Waals surface area contributed by atoms with E-state index in [1.807, 2.05) is 18.3 Å². The van der Waals surface area contributed by atoms with Crippen molar-refractivity contribution in [1.29, 1.82) is 0 Å². The second-order valence-electron chi connectivity index (χ2n) is 7.19. The van der Waals surface area contributed by atoms with Gasteiger partial charge in [0, 0.05) is 29.0 Å². The predicted molar refractivity (Wildman–Crippen MR) is 98.0 cm³/mol. The molecule has 1 fully saturated rings. The highest BCUT2D eigenvalue weighted by Crippen LogP contribution is 2.38. The molecule has 6 heteroatoms. The number of benzene rings is 1. The van der Waals surface area contributed by atoms with E-state index in [-0.39, 0.29) is 0 Å². The highest BCUT2D eigenvalue weighted by Gasteiger charge is 2.36. The Kier molecular flexibility index (Phi) is 3.62. The third-order valence-corrected chi connectivity index (χ3v) is 5.47. The predicted octanol–water partition coefficient (Wildman–Crippen LogP) is 3.45. The summed E-state index contributed by atoms with van der Waals surface area (Å²) >= 11 is 0. The number of hydrogen-bond donors (Lipinski definition) is 1. The molecular formula is C20H21N5O. The Hall–Kier alpha value is -2.89. The molecule has 0 bridgehead atoms. The monoisotopic (exact) mass is 347 g/mol. The molecule has 1 aromatic carbocycles. The van der Waals surface area contributed by atoms with Gasteiger partial charge in [0.1, 0.15) is 0 Å². The topological polar surface area (TPSA) is 70.8 Å². The Morgan fingerprint density at radius 1 is 1.15 bits per heavy atom. The fourth-order valence-corrected chi connectivity index (χ4v) is 3.98. The minimum absolute atomic E-state index is 0.497. The summed E-state index contributed by atoms with van der Waals surface area (Å²) in [7, 11) is 0. The highest BCUT2D eigenvalue weighted by molar-refractivity contribution is 5.66. The number of nitrogens with one attached hydrogen (secondary N) is 1. The van der Waals surface area contributed by atoms with Gasteiger partial charge in [-0.1, -0.05) is 36.0 Å². The van der Waals surface area contributed by atoms with Crippen LogP contribution in [0, 0.1) is 0 Å². The zero-order chi connectivity index (χ0) is 17.5. The molecule has 2 aromatic heterocycles. The van der Waals surface area contributed by atoms with Crippen molar-refractivity contribution in [3.63, 3.8) is 0 Å². The van der Waals surface area contributed by atoms with Crippen molar-refractivity contribution >= 4 is 5.70 Å². The molecule has 132 valence electrons. The van der Waals surface area contributed by atoms with E-state index in [1.165, 1.54) is 30.5 Å². The third kappa shape index (κ3) is 2.71. The SMILES string of the molecule is C=C(c1ccc(-c2ncon2)cc1)N(C1CC1)C1CCc2[nH]ncc2C1. The second kappa shape index (κ2) is 6.12. The Morgan fingerprint density at radius 2 is 2.00 bits per heavy atom. The molecule has 1 unspecified atom stereocenters. The van der Waals surface area contributed by atoms with E-state index in [0.717, 1.165) is 36.1 Å². The van der Waals surface area contributed by atoms with Crippen molar-refractivity contribution in [3.8, 4) is 11.4 Å². The summed E-state index contributed by atoms with van der Waals surface area (Å²) in [6.45, 7) is 4.45. The van der Waals surface area contributed by atoms with Gasteiger partial charge in [0.05, 0.1) is 6.20 Å². The normalized spacial score (nSPS) is 19.2. The Balaban J connectivity index is 1.39. The quantitative estimate of drug-likeness (QED) is 0.765. The van der Waals surface area contributed by atoms with E-state index in [0.29, 0.717) is 17.9 Å². The fraction of sp³-hybridized carbons (Fsp3) is 0.350. The van der Waals surface area contributed by atoms with Crippen molar-refractivity contribution < 1.29 is 4.52 Å². The second-order valence-corrected chi connectivity index (χ2v) is 7.19. The van der Waals surface area contributed by atoms with Gasteiger partial charge < -0.3 is 9.42 Å². The van der Waals surface area contributed by atoms with Gasteiger partial charge in [-0.05, 0) is 43.2 Å². The van der Waals surface area contributed by atoms with Gasteiger partial charge in [-0.15, -0.1) is 0 Å². The maximum atomic E-state index is 4.83. The zero-order valence-corrected chi connectivity index (χ0v) is 14.6. The van der Waals surface area contributed by atoms with Crippen LogP contribution in [0.25, 0.3) is 17.1 Å². The molecule has 0 spiro atoms. The van der Waals surface area contributed by atoms with Crippen LogP contribution in [0.3, 0.4) is 0 Å². The summed E-state index contributed by atoms with van der Waals surface area (Å²) in [6.07, 6.45) is 9.10. The molecule has 2 heterocycles. The number of H-pyrrole nitrogens is 1. The Bertz CT molecular complexity index is 908. The van der Waals surface area contributed by atoms with Gasteiger partial charge in [0.15, 0.2) is 0 Å². The Morgan fingerprint density at radius 3 is 2.73 bits per heavy atom. The van der Waals surface area contributed by atoms with Crippen molar-refractivity contribution in [2.75, 3.05) is 0 Å². The molecule has 0 aliphatic heterocycles. The molecule has 1 N–H and O–H groups in total. The van der Waals surface area contributed by atoms with Gasteiger partial charge in [0.25, 0.3) is 0 Å². The number of aromatic nitrogens is 4. The molecule has 6 nitrogen and oxygen atoms in total. The van der Waals surface area contributed by atoms with Crippen LogP contribution in [-0.2, 0) is 12.8 Å². The maximum absolute atomic E-state index is 4.83. The van der Waals surface area contributed by atoms with Crippen LogP contribution in [0.2, 0.25) is 0 Å². The Labute approximate surface area is 151 Å². The number of aryl methyl sites for hydroxylation is 1. The van der Waals surface area contributed by atoms with E-state index >= 15 is 0 Å². The van der Waals surface area contributed by atoms with Crippen LogP contribution >= 0.6 is 0 Å². The van der Waals surface area contributed by atoms with Crippen molar-refractivity contribution in [3.05, 3.63) is 60.3 Å². The lowest BCUT2D eigenvalue weighted by Crippen LogP contribution is -2.39. The third-order valence-electron chi connectivity index (χ3n) is 5.47. The molecule has 26 heavy (non-hydrogen) atoms. The summed E-state index contributed by atoms with van der Waals surface area (Å²) in [4.78, 5) is 6.66. The average molecular weight is 347 g/mol. The molecule has 3 aromatic rings. The minimum Gasteiger partial charge on any atom is -0.365 e. The van der Waals surface area contributed by atoms with Crippen LogP contribution in [0.1, 0.15) is 36.1 Å². The average Bonchev–Trinajstić information content (AvgIpc) is 3.17. The minimum atomic E-state index is 0.497. The first-order chi connectivity index (χ1) is 12.8. The number of hydrogen-bond acceptors (Lipinski definition) is 5. The van der Waals surface area contributed by atoms with Crippen LogP contribution in [0.5, 0.6) is 0 Å². The van der Waals surface area contributed by atoms with Gasteiger partial charge in [0.2, 0.25) is 12.2 Å². The van der Waals surface area contributed by atoms with Crippen molar-refractivity contribution in [2.24, 2.45) is 0 Å². The molecule has 1 saturated carbocycles. The van der Waals surface area contributed by atoms with Gasteiger partial charge >= 0.3 is 0 Å². The number of aromatic amines is 1. The molecule has 0 radical (unpaired) electrons. The summed E-state index contributed by atoms with van der Waals surface area (Å²) in [5, 5.41) is 11.2. The fourth-order valence-electron chi connectivity index (χ4n) is 3.98. The molecule has 0 amide bonds. The van der Waals surface area contributed by atoms with Crippen LogP contribution < -0.4 is 0 Å². The molecule has 1 atom stereocenters. The smallest absolute Gasteiger partial charge is 0.214 e. The van der Waals surface area contributed by atoms with E-state index in [9.17, 15) is 0 Å². The molecule has 5 rings (SSSR count). The summed E-state index contributed by atoms with van der Waals surface area (Å²) in [5.41, 5.74) is 5.87. The molecule has 0 saturated heterocycles. The maximum Gasteiger partial charge on any atom is 0.214 e. The molecule has 2 aliphatic rings. The standard InChI is InChI=1S/C20H21N5O/c1-13(14-2-4-15(5-3-14)20-21-12-26-24-20)25(17-6-7-17)18-8-9-19-16(10-18)11-22-23-19/h2-5,11-12,17-18H,1,6-10H2,(H,22,23). The van der Waals surface area contributed by atoms with Gasteiger partial charge in [-0.25, -0.2) is 0 Å². The lowest BCUT2D eigenvalue weighted by molar-refractivity contribution is 0.259. The first-order valence-corrected chi connectivity index (χ1v) is 9.15. The number of fused-ring (bicyclic) bond motifs is 1. The lowest BCUT2D eigenvalue weighted by Gasteiger charge is -2.37. The largest absolute Gasteiger partial charge is 0.365 e. The van der Waals surface area contributed by atoms with Gasteiger partial charge in [-0.3, -0.25) is 5.10 Å². The van der Waals surface area contributed by atoms with E-state index in [2.05, 4.69) is 43.9 Å². The molecular weight excluding hydrogens is 326 g/mol. The van der Waals surface area contributed by atoms with Gasteiger partial charge in [-0.2, -0.15) is 10.1 Å². The molecule has 2 aliphatic carbocycles. The summed E-state index contributed by atoms with van der Waals surface area (Å²) in [6, 6.07) is 9.40. The summed E-state index contributed by atoms with van der Waals surface area (Å²) in [5.74, 6) is 0.612. The van der Waals surface area contributed by atoms with E-state index < -0.39 is 0 Å². The van der Waals surface area contributed by atoms with E-state index in [1.54, 1.807) is 0 Å². The number of rotatable bonds is 5. The van der Waals surface area contributed by atoms with Crippen LogP contribution in [0.4, 0.5) is 0 Å². The first kappa shape index (κ1) is 15.4. The zero-order valence-electron chi connectivity index (χ0n) is 14.6. The number of nitrogens with zero attached hydrogens (tertiary/aromatic N) is 4. The summed E-state index contributed by atoms with van der Waals surface area (Å²) < 4.78 is 4.83. The van der Waals surface area contributed by atoms with E-state index in [4.69, 9.17) is 4.52 Å². The van der Waals surface area contributed by atoms with Crippen LogP contribution in [0.15, 0.2) is 48.0 Å². The van der Waals surface area contributed by atoms with Crippen LogP contribution in [-0.4, -0.2) is 37.3 Å². The lowest BCUT2D eigenvalue weighted by atomic mass is 9.91. The van der Waals surface area contributed by atoms with Crippen molar-refractivity contribution in [1.82, 2.24) is 25.2 Å². The first-order valence-electron chi connectivity index (χ1n) is 9.15. The van der Waals surface area contributed by atoms with Crippen molar-refractivity contribution in [2.45, 2.75) is 44.2 Å². The highest BCUT2D eigenvalue weighted by atomic mass is 16.5.